The van der Waals surface area contributed by atoms with Crippen LogP contribution in [0, 0.1) is 0 Å². The summed E-state index contributed by atoms with van der Waals surface area (Å²) >= 11 is 0. The van der Waals surface area contributed by atoms with Gasteiger partial charge >= 0.3 is 0 Å². The van der Waals surface area contributed by atoms with Gasteiger partial charge in [-0.1, -0.05) is 6.07 Å². The van der Waals surface area contributed by atoms with Crippen LogP contribution in [0.3, 0.4) is 0 Å². The predicted octanol–water partition coefficient (Wildman–Crippen LogP) is 2.80. The minimum Gasteiger partial charge on any atom is -0.475 e. The molecule has 0 bridgehead atoms. The molecule has 1 fully saturated rings. The average molecular weight is 386 g/mol. The van der Waals surface area contributed by atoms with Crippen molar-refractivity contribution in [3.63, 3.8) is 0 Å². The van der Waals surface area contributed by atoms with Crippen LogP contribution in [0.4, 0.5) is 0 Å². The van der Waals surface area contributed by atoms with Gasteiger partial charge in [0.25, 0.3) is 5.56 Å². The third-order valence-corrected chi connectivity index (χ3v) is 5.23. The fraction of sp³-hybridized carbons (Fsp3) is 0.182. The molecular formula is C22H18N4O3. The number of carbonyl (C=O) groups is 1. The second kappa shape index (κ2) is 7.01. The van der Waals surface area contributed by atoms with Crippen molar-refractivity contribution in [2.24, 2.45) is 0 Å². The van der Waals surface area contributed by atoms with Crippen LogP contribution < -0.4 is 15.6 Å². The molecule has 0 radical (unpaired) electrons. The zero-order valence-corrected chi connectivity index (χ0v) is 15.5. The Labute approximate surface area is 165 Å². The van der Waals surface area contributed by atoms with Gasteiger partial charge < -0.3 is 15.0 Å². The van der Waals surface area contributed by atoms with E-state index < -0.39 is 0 Å². The Kier molecular flexibility index (Phi) is 4.20. The van der Waals surface area contributed by atoms with Crippen molar-refractivity contribution < 1.29 is 9.53 Å². The number of hydrogen-bond donors (Lipinski definition) is 2. The summed E-state index contributed by atoms with van der Waals surface area (Å²) in [5.74, 6) is 0.541. The van der Waals surface area contributed by atoms with Crippen molar-refractivity contribution in [3.05, 3.63) is 65.5 Å². The molecule has 4 heterocycles. The maximum Gasteiger partial charge on any atom is 0.255 e. The molecular weight excluding hydrogens is 368 g/mol. The van der Waals surface area contributed by atoms with E-state index in [2.05, 4.69) is 20.3 Å². The average Bonchev–Trinajstić information content (AvgIpc) is 3.17. The maximum atomic E-state index is 12.5. The molecule has 0 spiro atoms. The normalized spacial score (nSPS) is 16.3. The number of aromatic nitrogens is 3. The van der Waals surface area contributed by atoms with Crippen LogP contribution in [0.5, 0.6) is 5.88 Å². The van der Waals surface area contributed by atoms with Gasteiger partial charge in [0.2, 0.25) is 11.8 Å². The van der Waals surface area contributed by atoms with Crippen molar-refractivity contribution in [2.45, 2.75) is 18.9 Å². The molecule has 1 unspecified atom stereocenters. The Balaban J connectivity index is 1.63. The van der Waals surface area contributed by atoms with E-state index in [9.17, 15) is 9.59 Å². The summed E-state index contributed by atoms with van der Waals surface area (Å²) in [6.45, 7) is 0.362. The highest BCUT2D eigenvalue weighted by molar-refractivity contribution is 6.05. The van der Waals surface area contributed by atoms with Gasteiger partial charge in [0.1, 0.15) is 6.61 Å². The van der Waals surface area contributed by atoms with Crippen LogP contribution in [0.25, 0.3) is 32.7 Å². The fourth-order valence-corrected chi connectivity index (χ4v) is 3.76. The highest BCUT2D eigenvalue weighted by Gasteiger charge is 2.21. The quantitative estimate of drug-likeness (QED) is 0.526. The first-order chi connectivity index (χ1) is 14.2. The highest BCUT2D eigenvalue weighted by atomic mass is 16.5. The summed E-state index contributed by atoms with van der Waals surface area (Å²) in [4.78, 5) is 35.3. The molecule has 0 saturated carbocycles. The van der Waals surface area contributed by atoms with Crippen LogP contribution in [0.1, 0.15) is 12.8 Å². The van der Waals surface area contributed by atoms with E-state index in [1.165, 1.54) is 0 Å². The van der Waals surface area contributed by atoms with Crippen molar-refractivity contribution in [1.82, 2.24) is 20.3 Å². The van der Waals surface area contributed by atoms with Crippen LogP contribution >= 0.6 is 0 Å². The van der Waals surface area contributed by atoms with Gasteiger partial charge in [-0.15, -0.1) is 0 Å². The minimum absolute atomic E-state index is 0.00573. The largest absolute Gasteiger partial charge is 0.475 e. The number of fused-ring (bicyclic) bond motifs is 2. The molecule has 5 rings (SSSR count). The number of benzene rings is 1. The third kappa shape index (κ3) is 3.20. The summed E-state index contributed by atoms with van der Waals surface area (Å²) in [6.07, 6.45) is 8.13. The summed E-state index contributed by atoms with van der Waals surface area (Å²) in [5, 5.41) is 5.99. The number of pyridine rings is 3. The zero-order valence-electron chi connectivity index (χ0n) is 15.5. The molecule has 1 saturated heterocycles. The monoisotopic (exact) mass is 386 g/mol. The highest BCUT2D eigenvalue weighted by Crippen LogP contribution is 2.32. The molecule has 1 aromatic carbocycles. The molecule has 7 nitrogen and oxygen atoms in total. The first-order valence-corrected chi connectivity index (χ1v) is 9.46. The second-order valence-electron chi connectivity index (χ2n) is 7.12. The number of rotatable bonds is 4. The number of ether oxygens (including phenoxy) is 1. The lowest BCUT2D eigenvalue weighted by Crippen LogP contribution is -2.31. The van der Waals surface area contributed by atoms with Crippen LogP contribution in [-0.4, -0.2) is 33.5 Å². The van der Waals surface area contributed by atoms with E-state index in [0.717, 1.165) is 33.7 Å². The Morgan fingerprint density at radius 1 is 1.10 bits per heavy atom. The molecule has 144 valence electrons. The summed E-state index contributed by atoms with van der Waals surface area (Å²) in [6, 6.07) is 9.46. The number of nitrogens with one attached hydrogen (secondary N) is 2. The summed E-state index contributed by atoms with van der Waals surface area (Å²) in [5.41, 5.74) is 1.64. The minimum atomic E-state index is -0.150. The summed E-state index contributed by atoms with van der Waals surface area (Å²) < 4.78 is 5.95. The molecule has 1 aliphatic heterocycles. The van der Waals surface area contributed by atoms with E-state index in [1.54, 1.807) is 24.8 Å². The SMILES string of the molecule is O=C1CCC(COc2nccc3cc4c(=O)[nH]cc(-c5cccnc5)c4cc23)N1. The molecule has 1 atom stereocenters. The van der Waals surface area contributed by atoms with Crippen molar-refractivity contribution in [1.29, 1.82) is 0 Å². The van der Waals surface area contributed by atoms with E-state index in [0.29, 0.717) is 24.3 Å². The van der Waals surface area contributed by atoms with E-state index in [-0.39, 0.29) is 17.5 Å². The topological polar surface area (TPSA) is 97.0 Å². The Bertz CT molecular complexity index is 1280. The Hall–Kier alpha value is -3.74. The smallest absolute Gasteiger partial charge is 0.255 e. The lowest BCUT2D eigenvalue weighted by Gasteiger charge is -2.14. The van der Waals surface area contributed by atoms with Gasteiger partial charge in [-0.25, -0.2) is 4.98 Å². The van der Waals surface area contributed by atoms with Gasteiger partial charge in [0.05, 0.1) is 6.04 Å². The van der Waals surface area contributed by atoms with Crippen molar-refractivity contribution in [3.8, 4) is 17.0 Å². The summed E-state index contributed by atoms with van der Waals surface area (Å²) in [7, 11) is 0. The first-order valence-electron chi connectivity index (χ1n) is 9.46. The zero-order chi connectivity index (χ0) is 19.8. The molecule has 29 heavy (non-hydrogen) atoms. The lowest BCUT2D eigenvalue weighted by molar-refractivity contribution is -0.119. The number of nitrogens with zero attached hydrogens (tertiary/aromatic N) is 2. The fourth-order valence-electron chi connectivity index (χ4n) is 3.76. The van der Waals surface area contributed by atoms with Gasteiger partial charge in [-0.2, -0.15) is 0 Å². The third-order valence-electron chi connectivity index (χ3n) is 5.23. The molecule has 7 heteroatoms. The number of carbonyl (C=O) groups excluding carboxylic acids is 1. The first kappa shape index (κ1) is 17.4. The predicted molar refractivity (Wildman–Crippen MR) is 110 cm³/mol. The lowest BCUT2D eigenvalue weighted by atomic mass is 9.99. The van der Waals surface area contributed by atoms with Crippen LogP contribution in [-0.2, 0) is 4.79 Å². The van der Waals surface area contributed by atoms with Crippen molar-refractivity contribution in [2.75, 3.05) is 6.61 Å². The van der Waals surface area contributed by atoms with Crippen LogP contribution in [0.15, 0.2) is 59.9 Å². The molecule has 1 aliphatic rings. The molecule has 3 aromatic heterocycles. The Morgan fingerprint density at radius 2 is 2.03 bits per heavy atom. The second-order valence-corrected chi connectivity index (χ2v) is 7.12. The van der Waals surface area contributed by atoms with Gasteiger partial charge in [0.15, 0.2) is 0 Å². The number of H-pyrrole nitrogens is 1. The number of hydrogen-bond acceptors (Lipinski definition) is 5. The van der Waals surface area contributed by atoms with Crippen molar-refractivity contribution >= 4 is 27.5 Å². The number of amides is 1. The molecule has 2 N–H and O–H groups in total. The van der Waals surface area contributed by atoms with Gasteiger partial charge in [-0.3, -0.25) is 14.6 Å². The molecule has 0 aliphatic carbocycles. The standard InChI is InChI=1S/C22H18N4O3/c27-20-4-3-15(26-20)12-29-22-16-9-17-18(8-13(16)5-7-24-22)21(28)25-11-19(17)14-2-1-6-23-10-14/h1-2,5-11,15H,3-4,12H2,(H,25,28)(H,26,27). The Morgan fingerprint density at radius 3 is 2.83 bits per heavy atom. The number of aromatic amines is 1. The van der Waals surface area contributed by atoms with Gasteiger partial charge in [0, 0.05) is 53.1 Å². The van der Waals surface area contributed by atoms with Crippen LogP contribution in [0.2, 0.25) is 0 Å². The van der Waals surface area contributed by atoms with E-state index >= 15 is 0 Å². The maximum absolute atomic E-state index is 12.5. The molecule has 1 amide bonds. The van der Waals surface area contributed by atoms with E-state index in [1.807, 2.05) is 30.3 Å². The van der Waals surface area contributed by atoms with E-state index in [4.69, 9.17) is 4.74 Å². The van der Waals surface area contributed by atoms with Gasteiger partial charge in [-0.05, 0) is 41.5 Å². The molecule has 4 aromatic rings.